The molecule has 4 rings (SSSR count). The largest absolute Gasteiger partial charge is 0.491 e. The Labute approximate surface area is 297 Å². The van der Waals surface area contributed by atoms with Crippen LogP contribution in [0.15, 0.2) is 54.0 Å². The van der Waals surface area contributed by atoms with Crippen molar-refractivity contribution >= 4 is 34.8 Å². The fourth-order valence-corrected chi connectivity index (χ4v) is 6.34. The van der Waals surface area contributed by atoms with Gasteiger partial charge in [0.05, 0.1) is 48.6 Å². The topological polar surface area (TPSA) is 156 Å². The Morgan fingerprint density at radius 3 is 2.38 bits per heavy atom. The molecule has 270 valence electrons. The minimum absolute atomic E-state index is 0.00121. The van der Waals surface area contributed by atoms with Gasteiger partial charge in [0, 0.05) is 31.5 Å². The Morgan fingerprint density at radius 1 is 1.02 bits per heavy atom. The number of aryl methyl sites for hydroxylation is 1. The van der Waals surface area contributed by atoms with E-state index in [2.05, 4.69) is 15.6 Å². The fourth-order valence-electron chi connectivity index (χ4n) is 5.52. The molecule has 3 aromatic rings. The average molecular weight is 709 g/mol. The van der Waals surface area contributed by atoms with Gasteiger partial charge in [0.2, 0.25) is 17.7 Å². The van der Waals surface area contributed by atoms with E-state index in [1.807, 2.05) is 57.5 Å². The van der Waals surface area contributed by atoms with Gasteiger partial charge in [0.15, 0.2) is 5.78 Å². The first-order valence-corrected chi connectivity index (χ1v) is 17.7. The first-order valence-electron chi connectivity index (χ1n) is 16.8. The van der Waals surface area contributed by atoms with Gasteiger partial charge in [-0.05, 0) is 42.5 Å². The molecular weight excluding hydrogens is 660 g/mol. The summed E-state index contributed by atoms with van der Waals surface area (Å²) in [6.45, 7) is 10.6. The molecule has 0 radical (unpaired) electrons. The summed E-state index contributed by atoms with van der Waals surface area (Å²) in [7, 11) is 0. The van der Waals surface area contributed by atoms with Crippen LogP contribution in [0.25, 0.3) is 10.4 Å². The number of carbonyl (C=O) groups excluding carboxylic acids is 4. The highest BCUT2D eigenvalue weighted by atomic mass is 32.1. The number of aliphatic hydroxyl groups is 1. The van der Waals surface area contributed by atoms with E-state index in [0.717, 1.165) is 21.7 Å². The van der Waals surface area contributed by atoms with E-state index in [4.69, 9.17) is 14.2 Å². The number of aliphatic hydroxyl groups excluding tert-OH is 1. The number of hydrogen-bond donors (Lipinski definition) is 3. The van der Waals surface area contributed by atoms with Crippen molar-refractivity contribution in [1.82, 2.24) is 20.5 Å². The van der Waals surface area contributed by atoms with Crippen molar-refractivity contribution in [3.8, 4) is 16.2 Å². The summed E-state index contributed by atoms with van der Waals surface area (Å²) in [6.07, 6.45) is -0.710. The number of likely N-dealkylation sites (tertiary alicyclic amines) is 1. The Hall–Kier alpha value is -4.17. The van der Waals surface area contributed by atoms with Gasteiger partial charge < -0.3 is 34.9 Å². The van der Waals surface area contributed by atoms with Crippen LogP contribution in [0.5, 0.6) is 5.75 Å². The van der Waals surface area contributed by atoms with E-state index in [1.165, 1.54) is 11.8 Å². The number of carbonyl (C=O) groups is 4. The van der Waals surface area contributed by atoms with Crippen molar-refractivity contribution in [3.63, 3.8) is 0 Å². The van der Waals surface area contributed by atoms with E-state index in [-0.39, 0.29) is 56.7 Å². The van der Waals surface area contributed by atoms with Crippen molar-refractivity contribution in [3.05, 3.63) is 70.9 Å². The standard InChI is InChI=1S/C37H48N4O8S/c1-24-33(50-23-39-24)27-11-9-26(10-12-27)21-38-35(45)31-20-29(43)22-41(31)36(46)34(37(3,4)5)40-32(44)13-14-47-15-16-48-17-18-49-30-8-6-7-28(19-30)25(2)42/h6-12,19,23,29,31,34,43H,13-18,20-22H2,1-5H3,(H,38,45)(H,40,44)/t29-,31+,34-/m1/s1. The zero-order valence-corrected chi connectivity index (χ0v) is 30.2. The van der Waals surface area contributed by atoms with Crippen LogP contribution in [0.2, 0.25) is 0 Å². The molecule has 3 N–H and O–H groups in total. The summed E-state index contributed by atoms with van der Waals surface area (Å²) < 4.78 is 16.7. The molecule has 0 unspecified atom stereocenters. The lowest BCUT2D eigenvalue weighted by atomic mass is 9.85. The van der Waals surface area contributed by atoms with Crippen LogP contribution in [0.1, 0.15) is 62.2 Å². The molecule has 1 fully saturated rings. The number of ether oxygens (including phenoxy) is 3. The number of hydrogen-bond acceptors (Lipinski definition) is 10. The highest BCUT2D eigenvalue weighted by Crippen LogP contribution is 2.28. The van der Waals surface area contributed by atoms with Crippen LogP contribution in [-0.2, 0) is 30.4 Å². The maximum atomic E-state index is 13.8. The number of nitrogens with zero attached hydrogens (tertiary/aromatic N) is 2. The molecule has 2 aromatic carbocycles. The van der Waals surface area contributed by atoms with Crippen molar-refractivity contribution in [1.29, 1.82) is 0 Å². The molecule has 50 heavy (non-hydrogen) atoms. The number of ketones is 1. The second-order valence-electron chi connectivity index (χ2n) is 13.4. The molecule has 0 saturated carbocycles. The molecular formula is C37H48N4O8S. The van der Waals surface area contributed by atoms with Gasteiger partial charge in [-0.3, -0.25) is 19.2 Å². The molecule has 1 aliphatic rings. The van der Waals surface area contributed by atoms with Crippen LogP contribution in [-0.4, -0.2) is 96.3 Å². The van der Waals surface area contributed by atoms with Crippen LogP contribution in [0, 0.1) is 12.3 Å². The van der Waals surface area contributed by atoms with Gasteiger partial charge in [-0.1, -0.05) is 57.2 Å². The highest BCUT2D eigenvalue weighted by molar-refractivity contribution is 7.13. The second kappa shape index (κ2) is 18.2. The van der Waals surface area contributed by atoms with Crippen LogP contribution in [0.4, 0.5) is 0 Å². The first-order chi connectivity index (χ1) is 23.8. The second-order valence-corrected chi connectivity index (χ2v) is 14.2. The van der Waals surface area contributed by atoms with Crippen molar-refractivity contribution in [2.45, 2.75) is 72.2 Å². The molecule has 1 saturated heterocycles. The van der Waals surface area contributed by atoms with E-state index in [9.17, 15) is 24.3 Å². The van der Waals surface area contributed by atoms with Crippen LogP contribution < -0.4 is 15.4 Å². The number of rotatable bonds is 17. The number of aromatic nitrogens is 1. The summed E-state index contributed by atoms with van der Waals surface area (Å²) in [5.41, 5.74) is 4.65. The van der Waals surface area contributed by atoms with Gasteiger partial charge in [-0.2, -0.15) is 0 Å². The van der Waals surface area contributed by atoms with Gasteiger partial charge in [0.1, 0.15) is 24.4 Å². The fraction of sp³-hybridized carbons (Fsp3) is 0.486. The molecule has 1 aromatic heterocycles. The molecule has 2 heterocycles. The summed E-state index contributed by atoms with van der Waals surface area (Å²) in [4.78, 5) is 58.3. The lowest BCUT2D eigenvalue weighted by Gasteiger charge is -2.35. The zero-order chi connectivity index (χ0) is 36.3. The van der Waals surface area contributed by atoms with Crippen molar-refractivity contribution in [2.75, 3.05) is 39.6 Å². The number of nitrogens with one attached hydrogen (secondary N) is 2. The van der Waals surface area contributed by atoms with Crippen molar-refractivity contribution < 1.29 is 38.5 Å². The predicted octanol–water partition coefficient (Wildman–Crippen LogP) is 3.93. The quantitative estimate of drug-likeness (QED) is 0.140. The summed E-state index contributed by atoms with van der Waals surface area (Å²) in [5.74, 6) is -0.583. The third-order valence-electron chi connectivity index (χ3n) is 8.29. The molecule has 12 nitrogen and oxygen atoms in total. The van der Waals surface area contributed by atoms with Gasteiger partial charge in [-0.25, -0.2) is 4.98 Å². The minimum Gasteiger partial charge on any atom is -0.491 e. The number of benzene rings is 2. The summed E-state index contributed by atoms with van der Waals surface area (Å²) >= 11 is 1.57. The molecule has 1 aliphatic heterocycles. The monoisotopic (exact) mass is 708 g/mol. The highest BCUT2D eigenvalue weighted by Gasteiger charge is 2.44. The third kappa shape index (κ3) is 11.2. The lowest BCUT2D eigenvalue weighted by Crippen LogP contribution is -2.57. The van der Waals surface area contributed by atoms with Gasteiger partial charge in [0.25, 0.3) is 0 Å². The van der Waals surface area contributed by atoms with Gasteiger partial charge >= 0.3 is 0 Å². The predicted molar refractivity (Wildman–Crippen MR) is 190 cm³/mol. The molecule has 13 heteroatoms. The maximum absolute atomic E-state index is 13.8. The number of thiazole rings is 1. The molecule has 0 bridgehead atoms. The molecule has 0 spiro atoms. The number of β-amino-alcohol motifs (C(OH)–C–C–N with tert-alkyl or cyclic N) is 1. The minimum atomic E-state index is -0.919. The SMILES string of the molecule is CC(=O)c1cccc(OCCOCCOCCC(=O)N[C@H](C(=O)N2C[C@H](O)C[C@H]2C(=O)NCc2ccc(-c3scnc3C)cc2)C(C)(C)C)c1. The van der Waals surface area contributed by atoms with E-state index < -0.39 is 29.5 Å². The summed E-state index contributed by atoms with van der Waals surface area (Å²) in [6, 6.07) is 13.0. The third-order valence-corrected chi connectivity index (χ3v) is 9.27. The van der Waals surface area contributed by atoms with E-state index in [1.54, 1.807) is 35.6 Å². The average Bonchev–Trinajstić information content (AvgIpc) is 3.70. The first kappa shape index (κ1) is 38.6. The Balaban J connectivity index is 1.19. The smallest absolute Gasteiger partial charge is 0.246 e. The Bertz CT molecular complexity index is 1600. The molecule has 3 atom stereocenters. The van der Waals surface area contributed by atoms with E-state index in [0.29, 0.717) is 31.1 Å². The van der Waals surface area contributed by atoms with Crippen LogP contribution >= 0.6 is 11.3 Å². The maximum Gasteiger partial charge on any atom is 0.246 e. The number of Topliss-reactive ketones (excluding diaryl/α,β-unsaturated/α-hetero) is 1. The van der Waals surface area contributed by atoms with Crippen LogP contribution in [0.3, 0.4) is 0 Å². The zero-order valence-electron chi connectivity index (χ0n) is 29.4. The normalized spacial score (nSPS) is 16.6. The Kier molecular flexibility index (Phi) is 14.0. The molecule has 0 aliphatic carbocycles. The number of amides is 3. The Morgan fingerprint density at radius 2 is 1.72 bits per heavy atom. The lowest BCUT2D eigenvalue weighted by molar-refractivity contribution is -0.144. The van der Waals surface area contributed by atoms with E-state index >= 15 is 0 Å². The molecule has 3 amide bonds. The van der Waals surface area contributed by atoms with Gasteiger partial charge in [-0.15, -0.1) is 11.3 Å². The van der Waals surface area contributed by atoms with Crippen molar-refractivity contribution in [2.24, 2.45) is 5.41 Å². The summed E-state index contributed by atoms with van der Waals surface area (Å²) in [5, 5.41) is 16.2.